The zero-order chi connectivity index (χ0) is 20.8. The van der Waals surface area contributed by atoms with E-state index in [1.54, 1.807) is 30.1 Å². The predicted octanol–water partition coefficient (Wildman–Crippen LogP) is 2.76. The topological polar surface area (TPSA) is 59.1 Å². The Balaban J connectivity index is 1.51. The molecule has 0 saturated carbocycles. The number of carbonyl (C=O) groups is 2. The molecule has 1 saturated heterocycles. The van der Waals surface area contributed by atoms with Crippen molar-refractivity contribution < 1.29 is 23.5 Å². The highest BCUT2D eigenvalue weighted by Gasteiger charge is 2.24. The van der Waals surface area contributed by atoms with Gasteiger partial charge in [-0.2, -0.15) is 0 Å². The van der Waals surface area contributed by atoms with Crippen molar-refractivity contribution in [1.82, 2.24) is 9.80 Å². The van der Waals surface area contributed by atoms with E-state index in [9.17, 15) is 14.0 Å². The molecular weight excluding hydrogens is 375 g/mol. The van der Waals surface area contributed by atoms with Gasteiger partial charge in [-0.25, -0.2) is 4.39 Å². The third kappa shape index (κ3) is 5.25. The molecule has 6 nitrogen and oxygen atoms in total. The summed E-state index contributed by atoms with van der Waals surface area (Å²) >= 11 is 0. The Morgan fingerprint density at radius 1 is 0.897 bits per heavy atom. The molecule has 1 fully saturated rings. The van der Waals surface area contributed by atoms with Crippen molar-refractivity contribution in [2.45, 2.75) is 12.8 Å². The maximum atomic E-state index is 13.0. The SMILES string of the molecule is COc1cc(CCC(=O)N2CCN(C(=O)c3ccc(F)cc3)CC2)cc(OC)c1. The van der Waals surface area contributed by atoms with Gasteiger partial charge in [0.25, 0.3) is 5.91 Å². The number of hydrogen-bond donors (Lipinski definition) is 0. The highest BCUT2D eigenvalue weighted by Crippen LogP contribution is 2.23. The second kappa shape index (κ2) is 9.41. The van der Waals surface area contributed by atoms with Crippen LogP contribution in [0.1, 0.15) is 22.3 Å². The molecule has 7 heteroatoms. The van der Waals surface area contributed by atoms with Crippen LogP contribution in [0.25, 0.3) is 0 Å². The van der Waals surface area contributed by atoms with E-state index in [0.29, 0.717) is 56.1 Å². The fourth-order valence-electron chi connectivity index (χ4n) is 3.35. The molecule has 1 heterocycles. The van der Waals surface area contributed by atoms with Gasteiger partial charge in [-0.05, 0) is 48.4 Å². The average Bonchev–Trinajstić information content (AvgIpc) is 2.77. The van der Waals surface area contributed by atoms with Crippen LogP contribution in [-0.4, -0.2) is 62.0 Å². The minimum Gasteiger partial charge on any atom is -0.497 e. The summed E-state index contributed by atoms with van der Waals surface area (Å²) in [5.41, 5.74) is 1.43. The van der Waals surface area contributed by atoms with Gasteiger partial charge in [0.2, 0.25) is 5.91 Å². The van der Waals surface area contributed by atoms with E-state index >= 15 is 0 Å². The minimum absolute atomic E-state index is 0.0562. The van der Waals surface area contributed by atoms with Gasteiger partial charge in [-0.15, -0.1) is 0 Å². The first kappa shape index (κ1) is 20.6. The number of piperazine rings is 1. The van der Waals surface area contributed by atoms with Crippen molar-refractivity contribution in [2.24, 2.45) is 0 Å². The van der Waals surface area contributed by atoms with Crippen molar-refractivity contribution in [3.63, 3.8) is 0 Å². The van der Waals surface area contributed by atoms with Crippen LogP contribution in [0.15, 0.2) is 42.5 Å². The standard InChI is InChI=1S/C22H25FN2O4/c1-28-19-13-16(14-20(15-19)29-2)3-8-21(26)24-9-11-25(12-10-24)22(27)17-4-6-18(23)7-5-17/h4-7,13-15H,3,8-12H2,1-2H3. The summed E-state index contributed by atoms with van der Waals surface area (Å²) in [6.45, 7) is 1.92. The van der Waals surface area contributed by atoms with Crippen LogP contribution in [0, 0.1) is 5.82 Å². The molecular formula is C22H25FN2O4. The van der Waals surface area contributed by atoms with Crippen LogP contribution >= 0.6 is 0 Å². The smallest absolute Gasteiger partial charge is 0.253 e. The van der Waals surface area contributed by atoms with Gasteiger partial charge in [0, 0.05) is 44.2 Å². The molecule has 29 heavy (non-hydrogen) atoms. The lowest BCUT2D eigenvalue weighted by Gasteiger charge is -2.35. The van der Waals surface area contributed by atoms with E-state index in [0.717, 1.165) is 5.56 Å². The molecule has 2 aromatic carbocycles. The minimum atomic E-state index is -0.370. The zero-order valence-corrected chi connectivity index (χ0v) is 16.7. The Hall–Kier alpha value is -3.09. The normalized spacial score (nSPS) is 13.9. The number of carbonyl (C=O) groups excluding carboxylic acids is 2. The lowest BCUT2D eigenvalue weighted by Crippen LogP contribution is -2.50. The van der Waals surface area contributed by atoms with Gasteiger partial charge in [0.15, 0.2) is 0 Å². The van der Waals surface area contributed by atoms with Crippen LogP contribution < -0.4 is 9.47 Å². The Bertz CT molecular complexity index is 839. The largest absolute Gasteiger partial charge is 0.497 e. The summed E-state index contributed by atoms with van der Waals surface area (Å²) in [6.07, 6.45) is 0.962. The molecule has 2 amide bonds. The Morgan fingerprint density at radius 2 is 1.45 bits per heavy atom. The Morgan fingerprint density at radius 3 is 2.00 bits per heavy atom. The molecule has 3 rings (SSSR count). The van der Waals surface area contributed by atoms with Crippen LogP contribution in [-0.2, 0) is 11.2 Å². The maximum absolute atomic E-state index is 13.0. The first-order valence-electron chi connectivity index (χ1n) is 9.54. The van der Waals surface area contributed by atoms with Crippen molar-refractivity contribution in [2.75, 3.05) is 40.4 Å². The lowest BCUT2D eigenvalue weighted by atomic mass is 10.1. The molecule has 0 bridgehead atoms. The maximum Gasteiger partial charge on any atom is 0.253 e. The van der Waals surface area contributed by atoms with Gasteiger partial charge in [0.05, 0.1) is 14.2 Å². The fourth-order valence-corrected chi connectivity index (χ4v) is 3.35. The molecule has 1 aliphatic rings. The summed E-state index contributed by atoms with van der Waals surface area (Å²) in [5, 5.41) is 0. The zero-order valence-electron chi connectivity index (χ0n) is 16.7. The number of rotatable bonds is 6. The number of amides is 2. The summed E-state index contributed by atoms with van der Waals surface area (Å²) < 4.78 is 23.6. The van der Waals surface area contributed by atoms with Crippen molar-refractivity contribution in [3.05, 3.63) is 59.4 Å². The highest BCUT2D eigenvalue weighted by atomic mass is 19.1. The number of ether oxygens (including phenoxy) is 2. The van der Waals surface area contributed by atoms with E-state index in [-0.39, 0.29) is 17.6 Å². The monoisotopic (exact) mass is 400 g/mol. The van der Waals surface area contributed by atoms with E-state index in [4.69, 9.17) is 9.47 Å². The molecule has 0 radical (unpaired) electrons. The third-order valence-electron chi connectivity index (χ3n) is 5.05. The van der Waals surface area contributed by atoms with Crippen LogP contribution in [0.3, 0.4) is 0 Å². The lowest BCUT2D eigenvalue weighted by molar-refractivity contribution is -0.132. The second-order valence-electron chi connectivity index (χ2n) is 6.90. The molecule has 154 valence electrons. The molecule has 0 N–H and O–H groups in total. The number of benzene rings is 2. The van der Waals surface area contributed by atoms with Crippen molar-refractivity contribution in [1.29, 1.82) is 0 Å². The molecule has 2 aromatic rings. The van der Waals surface area contributed by atoms with Crippen LogP contribution in [0.5, 0.6) is 11.5 Å². The summed E-state index contributed by atoms with van der Waals surface area (Å²) in [6, 6.07) is 11.1. The van der Waals surface area contributed by atoms with Gasteiger partial charge in [-0.3, -0.25) is 9.59 Å². The van der Waals surface area contributed by atoms with Gasteiger partial charge in [-0.1, -0.05) is 0 Å². The predicted molar refractivity (Wildman–Crippen MR) is 107 cm³/mol. The molecule has 0 spiro atoms. The van der Waals surface area contributed by atoms with Crippen LogP contribution in [0.4, 0.5) is 4.39 Å². The fraction of sp³-hybridized carbons (Fsp3) is 0.364. The molecule has 1 aliphatic heterocycles. The third-order valence-corrected chi connectivity index (χ3v) is 5.05. The molecule has 0 aromatic heterocycles. The van der Waals surface area contributed by atoms with Gasteiger partial charge in [0.1, 0.15) is 17.3 Å². The number of hydrogen-bond acceptors (Lipinski definition) is 4. The first-order valence-corrected chi connectivity index (χ1v) is 9.54. The highest BCUT2D eigenvalue weighted by molar-refractivity contribution is 5.94. The number of nitrogens with zero attached hydrogens (tertiary/aromatic N) is 2. The number of aryl methyl sites for hydroxylation is 1. The van der Waals surface area contributed by atoms with Crippen LogP contribution in [0.2, 0.25) is 0 Å². The van der Waals surface area contributed by atoms with E-state index < -0.39 is 0 Å². The summed E-state index contributed by atoms with van der Waals surface area (Å²) in [4.78, 5) is 28.6. The van der Waals surface area contributed by atoms with Gasteiger partial charge >= 0.3 is 0 Å². The molecule has 0 unspecified atom stereocenters. The summed E-state index contributed by atoms with van der Waals surface area (Å²) in [7, 11) is 3.19. The first-order chi connectivity index (χ1) is 14.0. The summed E-state index contributed by atoms with van der Waals surface area (Å²) in [5.74, 6) is 0.936. The molecule has 0 aliphatic carbocycles. The van der Waals surface area contributed by atoms with Crippen molar-refractivity contribution >= 4 is 11.8 Å². The van der Waals surface area contributed by atoms with E-state index in [1.165, 1.54) is 24.3 Å². The average molecular weight is 400 g/mol. The van der Waals surface area contributed by atoms with Crippen molar-refractivity contribution in [3.8, 4) is 11.5 Å². The van der Waals surface area contributed by atoms with E-state index in [2.05, 4.69) is 0 Å². The quantitative estimate of drug-likeness (QED) is 0.748. The number of methoxy groups -OCH3 is 2. The Labute approximate surface area is 169 Å². The van der Waals surface area contributed by atoms with E-state index in [1.807, 2.05) is 12.1 Å². The van der Waals surface area contributed by atoms with Gasteiger partial charge < -0.3 is 19.3 Å². The second-order valence-corrected chi connectivity index (χ2v) is 6.90. The Kier molecular flexibility index (Phi) is 6.69. The molecule has 0 atom stereocenters. The number of halogens is 1.